The Hall–Kier alpha value is -5.52. The van der Waals surface area contributed by atoms with Gasteiger partial charge >= 0.3 is 5.69 Å². The molecule has 5 aromatic rings. The van der Waals surface area contributed by atoms with Crippen molar-refractivity contribution in [2.24, 2.45) is 13.0 Å². The van der Waals surface area contributed by atoms with Gasteiger partial charge < -0.3 is 19.6 Å². The Morgan fingerprint density at radius 1 is 0.981 bits per heavy atom. The maximum absolute atomic E-state index is 13.2. The number of phenols is 1. The van der Waals surface area contributed by atoms with Crippen molar-refractivity contribution in [1.82, 2.24) is 39.5 Å². The van der Waals surface area contributed by atoms with Crippen LogP contribution >= 0.6 is 0 Å². The molecular weight excluding hydrogens is 662 g/mol. The van der Waals surface area contributed by atoms with E-state index in [0.717, 1.165) is 80.8 Å². The molecule has 2 amide bonds. The minimum Gasteiger partial charge on any atom is -0.508 e. The maximum Gasteiger partial charge on any atom is 0.329 e. The number of carbonyl (C=O) groups excluding carboxylic acids is 2. The maximum atomic E-state index is 13.2. The summed E-state index contributed by atoms with van der Waals surface area (Å²) >= 11 is 0. The number of ether oxygens (including phenoxy) is 1. The summed E-state index contributed by atoms with van der Waals surface area (Å²) in [5.74, 6) is 7.28. The SMILES string of the molecule is Cn1c(=O)n(C2CCC(=O)NC2=O)c2cccc(C#CCOC3CCN(CC4CCN(c5cc(-c6n[nH]c7ccc(O)cc67)ncn5)CC4)CC3)c21. The molecule has 3 aromatic heterocycles. The average molecular weight is 704 g/mol. The Morgan fingerprint density at radius 2 is 1.81 bits per heavy atom. The number of carbonyl (C=O) groups is 2. The number of para-hydroxylation sites is 1. The molecule has 1 unspecified atom stereocenters. The Morgan fingerprint density at radius 3 is 2.62 bits per heavy atom. The van der Waals surface area contributed by atoms with E-state index >= 15 is 0 Å². The number of aryl methyl sites for hydroxylation is 1. The third-order valence-corrected chi connectivity index (χ3v) is 10.7. The molecule has 268 valence electrons. The third-order valence-electron chi connectivity index (χ3n) is 10.7. The highest BCUT2D eigenvalue weighted by Gasteiger charge is 2.32. The molecule has 3 N–H and O–H groups in total. The number of anilines is 1. The minimum atomic E-state index is -0.731. The van der Waals surface area contributed by atoms with Crippen LogP contribution in [-0.4, -0.2) is 96.6 Å². The number of imidazole rings is 1. The number of aromatic nitrogens is 6. The lowest BCUT2D eigenvalue weighted by atomic mass is 9.95. The predicted octanol–water partition coefficient (Wildman–Crippen LogP) is 3.11. The first-order valence-corrected chi connectivity index (χ1v) is 17.9. The second-order valence-electron chi connectivity index (χ2n) is 14.0. The summed E-state index contributed by atoms with van der Waals surface area (Å²) in [5.41, 5.74) is 3.95. The minimum absolute atomic E-state index is 0.156. The van der Waals surface area contributed by atoms with E-state index in [1.165, 1.54) is 9.13 Å². The second-order valence-corrected chi connectivity index (χ2v) is 14.0. The van der Waals surface area contributed by atoms with E-state index < -0.39 is 11.9 Å². The number of fused-ring (bicyclic) bond motifs is 2. The smallest absolute Gasteiger partial charge is 0.329 e. The number of hydrogen-bond donors (Lipinski definition) is 3. The van der Waals surface area contributed by atoms with Crippen molar-refractivity contribution < 1.29 is 19.4 Å². The number of hydrogen-bond acceptors (Lipinski definition) is 10. The molecule has 8 rings (SSSR count). The van der Waals surface area contributed by atoms with Crippen molar-refractivity contribution in [2.45, 2.75) is 50.7 Å². The molecule has 3 saturated heterocycles. The largest absolute Gasteiger partial charge is 0.508 e. The van der Waals surface area contributed by atoms with Crippen LogP contribution in [0.4, 0.5) is 5.82 Å². The van der Waals surface area contributed by atoms with Crippen molar-refractivity contribution in [3.8, 4) is 29.0 Å². The molecule has 3 fully saturated rings. The fourth-order valence-electron chi connectivity index (χ4n) is 7.87. The van der Waals surface area contributed by atoms with Gasteiger partial charge in [0.05, 0.1) is 33.9 Å². The molecule has 52 heavy (non-hydrogen) atoms. The molecule has 3 aliphatic heterocycles. The lowest BCUT2D eigenvalue weighted by Gasteiger charge is -2.37. The summed E-state index contributed by atoms with van der Waals surface area (Å²) in [6.07, 6.45) is 6.34. The Bertz CT molecular complexity index is 2270. The van der Waals surface area contributed by atoms with Gasteiger partial charge in [0.2, 0.25) is 11.8 Å². The number of aromatic hydroxyl groups is 1. The van der Waals surface area contributed by atoms with Crippen LogP contribution in [0.2, 0.25) is 0 Å². The molecule has 14 heteroatoms. The highest BCUT2D eigenvalue weighted by molar-refractivity contribution is 6.00. The fraction of sp³-hybridized carbons (Fsp3) is 0.421. The average Bonchev–Trinajstić information content (AvgIpc) is 3.69. The summed E-state index contributed by atoms with van der Waals surface area (Å²) in [6.45, 7) is 5.24. The Labute approximate surface area is 299 Å². The van der Waals surface area contributed by atoms with Crippen molar-refractivity contribution in [1.29, 1.82) is 0 Å². The van der Waals surface area contributed by atoms with Crippen LogP contribution < -0.4 is 15.9 Å². The molecule has 14 nitrogen and oxygen atoms in total. The number of likely N-dealkylation sites (tertiary alicyclic amines) is 1. The van der Waals surface area contributed by atoms with Crippen LogP contribution in [0.3, 0.4) is 0 Å². The highest BCUT2D eigenvalue weighted by Crippen LogP contribution is 2.31. The number of rotatable bonds is 7. The molecule has 0 spiro atoms. The van der Waals surface area contributed by atoms with E-state index in [1.807, 2.05) is 30.3 Å². The van der Waals surface area contributed by atoms with Gasteiger partial charge in [-0.05, 0) is 68.4 Å². The van der Waals surface area contributed by atoms with E-state index in [0.29, 0.717) is 34.8 Å². The molecule has 1 atom stereocenters. The van der Waals surface area contributed by atoms with E-state index in [2.05, 4.69) is 47.1 Å². The van der Waals surface area contributed by atoms with E-state index in [4.69, 9.17) is 4.74 Å². The number of phenolic OH excluding ortho intramolecular Hbond substituents is 1. The molecular formula is C38H41N9O5. The molecule has 2 aromatic carbocycles. The number of benzene rings is 2. The quantitative estimate of drug-likeness (QED) is 0.170. The number of nitrogens with one attached hydrogen (secondary N) is 2. The second kappa shape index (κ2) is 14.2. The summed E-state index contributed by atoms with van der Waals surface area (Å²) in [6, 6.07) is 11.9. The highest BCUT2D eigenvalue weighted by atomic mass is 16.5. The number of H-pyrrole nitrogens is 1. The predicted molar refractivity (Wildman–Crippen MR) is 195 cm³/mol. The first kappa shape index (κ1) is 33.6. The van der Waals surface area contributed by atoms with Gasteiger partial charge in [-0.1, -0.05) is 17.9 Å². The van der Waals surface area contributed by atoms with Crippen molar-refractivity contribution in [2.75, 3.05) is 44.2 Å². The van der Waals surface area contributed by atoms with Crippen LogP contribution in [-0.2, 0) is 21.4 Å². The van der Waals surface area contributed by atoms with Crippen LogP contribution in [0, 0.1) is 17.8 Å². The van der Waals surface area contributed by atoms with Gasteiger partial charge in [-0.25, -0.2) is 14.8 Å². The zero-order valence-electron chi connectivity index (χ0n) is 29.0. The van der Waals surface area contributed by atoms with E-state index in [1.54, 1.807) is 25.5 Å². The zero-order chi connectivity index (χ0) is 35.8. The molecule has 3 aliphatic rings. The lowest BCUT2D eigenvalue weighted by molar-refractivity contribution is -0.135. The van der Waals surface area contributed by atoms with Gasteiger partial charge in [0, 0.05) is 57.6 Å². The number of imide groups is 1. The van der Waals surface area contributed by atoms with Crippen molar-refractivity contribution in [3.63, 3.8) is 0 Å². The Kier molecular flexibility index (Phi) is 9.21. The first-order valence-electron chi connectivity index (χ1n) is 17.9. The van der Waals surface area contributed by atoms with Crippen molar-refractivity contribution in [3.05, 3.63) is 64.8 Å². The van der Waals surface area contributed by atoms with Gasteiger partial charge in [0.1, 0.15) is 36.2 Å². The van der Waals surface area contributed by atoms with Gasteiger partial charge in [-0.3, -0.25) is 29.1 Å². The van der Waals surface area contributed by atoms with Crippen LogP contribution in [0.5, 0.6) is 5.75 Å². The first-order chi connectivity index (χ1) is 25.3. The van der Waals surface area contributed by atoms with E-state index in [-0.39, 0.29) is 36.3 Å². The van der Waals surface area contributed by atoms with Gasteiger partial charge in [-0.15, -0.1) is 0 Å². The van der Waals surface area contributed by atoms with Crippen LogP contribution in [0.1, 0.15) is 50.1 Å². The number of nitrogens with zero attached hydrogens (tertiary/aromatic N) is 7. The summed E-state index contributed by atoms with van der Waals surface area (Å²) in [4.78, 5) is 51.3. The van der Waals surface area contributed by atoms with Crippen LogP contribution in [0.15, 0.2) is 53.6 Å². The number of amides is 2. The van der Waals surface area contributed by atoms with Gasteiger partial charge in [0.15, 0.2) is 0 Å². The van der Waals surface area contributed by atoms with Gasteiger partial charge in [0.25, 0.3) is 0 Å². The Balaban J connectivity index is 0.811. The summed E-state index contributed by atoms with van der Waals surface area (Å²) in [5, 5.41) is 20.6. The number of piperidine rings is 3. The normalized spacial score (nSPS) is 19.2. The van der Waals surface area contributed by atoms with Gasteiger partial charge in [-0.2, -0.15) is 5.10 Å². The molecule has 0 bridgehead atoms. The third kappa shape index (κ3) is 6.65. The number of aromatic amines is 1. The standard InChI is InChI=1S/C38H41N9O5/c1-44-36-25(4-2-6-31(36)47(38(44)51)32-9-10-34(49)41-37(32)50)5-3-19-52-27-13-15-45(16-14-27)22-24-11-17-46(18-12-24)33-21-30(39-23-40-33)35-28-20-26(48)7-8-29(28)42-43-35/h2,4,6-8,20-21,23-24,27,32,48H,9-19,22H2,1H3,(H,42,43)(H,41,49,50). The molecule has 0 aliphatic carbocycles. The molecule has 0 radical (unpaired) electrons. The van der Waals surface area contributed by atoms with Crippen LogP contribution in [0.25, 0.3) is 33.3 Å². The zero-order valence-corrected chi connectivity index (χ0v) is 29.0. The summed E-state index contributed by atoms with van der Waals surface area (Å²) in [7, 11) is 1.68. The molecule has 0 saturated carbocycles. The fourth-order valence-corrected chi connectivity index (χ4v) is 7.87. The monoisotopic (exact) mass is 703 g/mol. The van der Waals surface area contributed by atoms with Crippen molar-refractivity contribution >= 4 is 39.6 Å². The van der Waals surface area contributed by atoms with E-state index in [9.17, 15) is 19.5 Å². The molecule has 6 heterocycles. The summed E-state index contributed by atoms with van der Waals surface area (Å²) < 4.78 is 9.16. The lowest BCUT2D eigenvalue weighted by Crippen LogP contribution is -2.44. The topological polar surface area (TPSA) is 163 Å².